The third-order valence-corrected chi connectivity index (χ3v) is 3.19. The minimum absolute atomic E-state index is 0.129. The molecule has 1 saturated heterocycles. The van der Waals surface area contributed by atoms with Crippen molar-refractivity contribution >= 4 is 5.91 Å². The summed E-state index contributed by atoms with van der Waals surface area (Å²) in [5.74, 6) is -0.778. The first-order chi connectivity index (χ1) is 8.27. The Morgan fingerprint density at radius 3 is 2.71 bits per heavy atom. The van der Waals surface area contributed by atoms with Gasteiger partial charge < -0.3 is 10.2 Å². The number of benzene rings is 1. The quantitative estimate of drug-likeness (QED) is 0.772. The molecule has 1 aromatic carbocycles. The second kappa shape index (κ2) is 5.77. The number of carbonyl (C=O) groups is 1. The molecule has 0 atom stereocenters. The van der Waals surface area contributed by atoms with Crippen LogP contribution in [0.5, 0.6) is 0 Å². The fourth-order valence-electron chi connectivity index (χ4n) is 2.22. The molecular formula is C13H18FN2O+. The van der Waals surface area contributed by atoms with Crippen molar-refractivity contribution in [1.29, 1.82) is 0 Å². The van der Waals surface area contributed by atoms with Crippen LogP contribution in [-0.4, -0.2) is 32.1 Å². The maximum absolute atomic E-state index is 13.3. The Morgan fingerprint density at radius 1 is 1.29 bits per heavy atom. The van der Waals surface area contributed by atoms with Crippen LogP contribution in [0.25, 0.3) is 0 Å². The molecule has 17 heavy (non-hydrogen) atoms. The molecule has 1 amide bonds. The van der Waals surface area contributed by atoms with Crippen LogP contribution in [0.15, 0.2) is 24.3 Å². The fourth-order valence-corrected chi connectivity index (χ4v) is 2.22. The maximum Gasteiger partial charge on any atom is 0.254 e. The summed E-state index contributed by atoms with van der Waals surface area (Å²) in [7, 11) is 0. The lowest BCUT2D eigenvalue weighted by molar-refractivity contribution is -0.886. The molecule has 4 heteroatoms. The number of amides is 1. The first-order valence-electron chi connectivity index (χ1n) is 6.13. The maximum atomic E-state index is 13.3. The zero-order valence-corrected chi connectivity index (χ0v) is 9.84. The Morgan fingerprint density at radius 2 is 2.00 bits per heavy atom. The summed E-state index contributed by atoms with van der Waals surface area (Å²) in [6.45, 7) is 3.92. The lowest BCUT2D eigenvalue weighted by Gasteiger charge is -2.12. The molecule has 0 saturated carbocycles. The number of hydrogen-bond acceptors (Lipinski definition) is 1. The van der Waals surface area contributed by atoms with E-state index in [0.29, 0.717) is 6.54 Å². The molecule has 1 aliphatic heterocycles. The van der Waals surface area contributed by atoms with Gasteiger partial charge in [-0.05, 0) is 12.1 Å². The van der Waals surface area contributed by atoms with Gasteiger partial charge in [0.25, 0.3) is 5.91 Å². The number of halogens is 1. The number of nitrogens with one attached hydrogen (secondary N) is 2. The molecule has 1 aromatic rings. The molecule has 0 spiro atoms. The molecule has 3 nitrogen and oxygen atoms in total. The van der Waals surface area contributed by atoms with Crippen LogP contribution in [0, 0.1) is 5.82 Å². The van der Waals surface area contributed by atoms with Crippen LogP contribution >= 0.6 is 0 Å². The largest absolute Gasteiger partial charge is 0.346 e. The second-order valence-electron chi connectivity index (χ2n) is 4.44. The molecular weight excluding hydrogens is 219 g/mol. The molecule has 0 bridgehead atoms. The highest BCUT2D eigenvalue weighted by molar-refractivity contribution is 5.94. The lowest BCUT2D eigenvalue weighted by Crippen LogP contribution is -3.10. The Kier molecular flexibility index (Phi) is 4.09. The van der Waals surface area contributed by atoms with Crippen LogP contribution < -0.4 is 10.2 Å². The van der Waals surface area contributed by atoms with Crippen molar-refractivity contribution in [1.82, 2.24) is 5.32 Å². The van der Waals surface area contributed by atoms with Crippen molar-refractivity contribution in [3.8, 4) is 0 Å². The van der Waals surface area contributed by atoms with E-state index in [9.17, 15) is 9.18 Å². The van der Waals surface area contributed by atoms with Crippen molar-refractivity contribution in [2.45, 2.75) is 12.8 Å². The van der Waals surface area contributed by atoms with E-state index in [0.717, 1.165) is 6.54 Å². The molecule has 0 aromatic heterocycles. The number of hydrogen-bond donors (Lipinski definition) is 2. The van der Waals surface area contributed by atoms with E-state index in [2.05, 4.69) is 5.32 Å². The van der Waals surface area contributed by atoms with Crippen LogP contribution in [0.2, 0.25) is 0 Å². The van der Waals surface area contributed by atoms with E-state index < -0.39 is 5.82 Å². The van der Waals surface area contributed by atoms with Crippen molar-refractivity contribution in [2.24, 2.45) is 0 Å². The van der Waals surface area contributed by atoms with Gasteiger partial charge in [0.1, 0.15) is 5.82 Å². The summed E-state index contributed by atoms with van der Waals surface area (Å²) < 4.78 is 13.3. The van der Waals surface area contributed by atoms with E-state index in [1.165, 1.54) is 43.0 Å². The van der Waals surface area contributed by atoms with Crippen LogP contribution in [-0.2, 0) is 0 Å². The predicted molar refractivity (Wildman–Crippen MR) is 63.5 cm³/mol. The summed E-state index contributed by atoms with van der Waals surface area (Å²) in [4.78, 5) is 13.2. The van der Waals surface area contributed by atoms with E-state index in [1.54, 1.807) is 12.1 Å². The third kappa shape index (κ3) is 3.27. The second-order valence-corrected chi connectivity index (χ2v) is 4.44. The predicted octanol–water partition coefficient (Wildman–Crippen LogP) is 0.234. The number of quaternary nitrogens is 1. The molecule has 0 radical (unpaired) electrons. The van der Waals surface area contributed by atoms with E-state index in [-0.39, 0.29) is 11.5 Å². The Balaban J connectivity index is 1.79. The van der Waals surface area contributed by atoms with Gasteiger partial charge in [-0.1, -0.05) is 12.1 Å². The van der Waals surface area contributed by atoms with E-state index in [4.69, 9.17) is 0 Å². The molecule has 1 fully saturated rings. The number of likely N-dealkylation sites (tertiary alicyclic amines) is 1. The van der Waals surface area contributed by atoms with Crippen molar-refractivity contribution in [3.63, 3.8) is 0 Å². The Hall–Kier alpha value is -1.42. The van der Waals surface area contributed by atoms with Crippen LogP contribution in [0.3, 0.4) is 0 Å². The summed E-state index contributed by atoms with van der Waals surface area (Å²) >= 11 is 0. The van der Waals surface area contributed by atoms with Gasteiger partial charge in [0.2, 0.25) is 0 Å². The average molecular weight is 237 g/mol. The smallest absolute Gasteiger partial charge is 0.254 e. The highest BCUT2D eigenvalue weighted by atomic mass is 19.1. The summed E-state index contributed by atoms with van der Waals surface area (Å²) in [5, 5.41) is 2.77. The molecule has 0 aliphatic carbocycles. The van der Waals surface area contributed by atoms with Crippen molar-refractivity contribution < 1.29 is 14.1 Å². The zero-order valence-electron chi connectivity index (χ0n) is 9.84. The number of carbonyl (C=O) groups excluding carboxylic acids is 1. The SMILES string of the molecule is O=C(NCC[NH+]1CCCC1)c1ccccc1F. The number of rotatable bonds is 4. The van der Waals surface area contributed by atoms with Gasteiger partial charge in [-0.2, -0.15) is 0 Å². The minimum Gasteiger partial charge on any atom is -0.346 e. The summed E-state index contributed by atoms with van der Waals surface area (Å²) in [5.41, 5.74) is 0.129. The van der Waals surface area contributed by atoms with Gasteiger partial charge in [-0.15, -0.1) is 0 Å². The summed E-state index contributed by atoms with van der Waals surface area (Å²) in [6, 6.07) is 6.07. The molecule has 1 heterocycles. The van der Waals surface area contributed by atoms with E-state index >= 15 is 0 Å². The van der Waals surface area contributed by atoms with Gasteiger partial charge in [-0.25, -0.2) is 4.39 Å². The third-order valence-electron chi connectivity index (χ3n) is 3.19. The highest BCUT2D eigenvalue weighted by Crippen LogP contribution is 2.05. The molecule has 2 N–H and O–H groups in total. The Bertz CT molecular complexity index is 389. The lowest BCUT2D eigenvalue weighted by atomic mass is 10.2. The van der Waals surface area contributed by atoms with Crippen LogP contribution in [0.1, 0.15) is 23.2 Å². The van der Waals surface area contributed by atoms with Gasteiger partial charge >= 0.3 is 0 Å². The van der Waals surface area contributed by atoms with E-state index in [1.807, 2.05) is 0 Å². The molecule has 2 rings (SSSR count). The topological polar surface area (TPSA) is 33.5 Å². The molecule has 1 aliphatic rings. The van der Waals surface area contributed by atoms with Gasteiger partial charge in [0.05, 0.1) is 31.7 Å². The van der Waals surface area contributed by atoms with Gasteiger partial charge in [-0.3, -0.25) is 4.79 Å². The minimum atomic E-state index is -0.460. The highest BCUT2D eigenvalue weighted by Gasteiger charge is 2.15. The normalized spacial score (nSPS) is 16.1. The van der Waals surface area contributed by atoms with Gasteiger partial charge in [0, 0.05) is 12.8 Å². The molecule has 92 valence electrons. The zero-order chi connectivity index (χ0) is 12.1. The average Bonchev–Trinajstić information content (AvgIpc) is 2.82. The first-order valence-corrected chi connectivity index (χ1v) is 6.13. The first kappa shape index (κ1) is 12.0. The van der Waals surface area contributed by atoms with Crippen molar-refractivity contribution in [2.75, 3.05) is 26.2 Å². The Labute approximate surface area is 101 Å². The fraction of sp³-hybridized carbons (Fsp3) is 0.462. The standard InChI is InChI=1S/C13H17FN2O/c14-12-6-2-1-5-11(12)13(17)15-7-10-16-8-3-4-9-16/h1-2,5-6H,3-4,7-10H2,(H,15,17)/p+1. The monoisotopic (exact) mass is 237 g/mol. The molecule has 0 unspecified atom stereocenters. The van der Waals surface area contributed by atoms with Gasteiger partial charge in [0.15, 0.2) is 0 Å². The summed E-state index contributed by atoms with van der Waals surface area (Å²) in [6.07, 6.45) is 2.55. The van der Waals surface area contributed by atoms with Crippen LogP contribution in [0.4, 0.5) is 4.39 Å². The van der Waals surface area contributed by atoms with Crippen molar-refractivity contribution in [3.05, 3.63) is 35.6 Å².